The number of hydrogen-bond acceptors (Lipinski definition) is 3. The number of rotatable bonds is 3. The maximum absolute atomic E-state index is 12.2. The third-order valence-electron chi connectivity index (χ3n) is 1.64. The molecule has 0 saturated carbocycles. The van der Waals surface area contributed by atoms with Crippen LogP contribution in [0.1, 0.15) is 31.0 Å². The van der Waals surface area contributed by atoms with E-state index in [0.29, 0.717) is 0 Å². The summed E-state index contributed by atoms with van der Waals surface area (Å²) < 4.78 is 29.3. The molecule has 0 fully saturated rings. The summed E-state index contributed by atoms with van der Waals surface area (Å²) in [6.45, 7) is 1.70. The lowest BCUT2D eigenvalue weighted by atomic mass is 10.3. The van der Waals surface area contributed by atoms with E-state index in [1.165, 1.54) is 19.4 Å². The third-order valence-corrected chi connectivity index (χ3v) is 1.64. The van der Waals surface area contributed by atoms with Crippen molar-refractivity contribution in [3.63, 3.8) is 0 Å². The molecule has 0 spiro atoms. The van der Waals surface area contributed by atoms with Crippen molar-refractivity contribution in [2.45, 2.75) is 19.5 Å². The molecule has 0 aliphatic rings. The summed E-state index contributed by atoms with van der Waals surface area (Å²) in [5.41, 5.74) is -0.270. The second kappa shape index (κ2) is 4.23. The SMILES string of the molecule is COC(C)c1nccc(C(F)F)n1. The van der Waals surface area contributed by atoms with Crippen molar-refractivity contribution in [1.82, 2.24) is 9.97 Å². The minimum atomic E-state index is -2.56. The lowest BCUT2D eigenvalue weighted by Gasteiger charge is -2.08. The maximum atomic E-state index is 12.2. The molecule has 72 valence electrons. The standard InChI is InChI=1S/C8H10F2N2O/c1-5(13-2)8-11-4-3-6(12-8)7(9)10/h3-5,7H,1-2H3. The maximum Gasteiger partial charge on any atom is 0.280 e. The molecule has 13 heavy (non-hydrogen) atoms. The molecule has 3 nitrogen and oxygen atoms in total. The zero-order valence-electron chi connectivity index (χ0n) is 7.37. The van der Waals surface area contributed by atoms with Crippen LogP contribution in [0.3, 0.4) is 0 Å². The summed E-state index contributed by atoms with van der Waals surface area (Å²) in [6.07, 6.45) is -1.62. The normalized spacial score (nSPS) is 13.3. The van der Waals surface area contributed by atoms with Gasteiger partial charge in [0.1, 0.15) is 11.8 Å². The average molecular weight is 188 g/mol. The Bertz CT molecular complexity index is 281. The van der Waals surface area contributed by atoms with Crippen LogP contribution in [0.15, 0.2) is 12.3 Å². The van der Waals surface area contributed by atoms with Gasteiger partial charge >= 0.3 is 0 Å². The molecule has 0 radical (unpaired) electrons. The van der Waals surface area contributed by atoms with E-state index in [2.05, 4.69) is 9.97 Å². The second-order valence-electron chi connectivity index (χ2n) is 2.52. The van der Waals surface area contributed by atoms with E-state index in [4.69, 9.17) is 4.74 Å². The highest BCUT2D eigenvalue weighted by molar-refractivity contribution is 5.04. The smallest absolute Gasteiger partial charge is 0.280 e. The Morgan fingerprint density at radius 1 is 1.46 bits per heavy atom. The van der Waals surface area contributed by atoms with E-state index in [0.717, 1.165) is 0 Å². The molecule has 0 aliphatic carbocycles. The van der Waals surface area contributed by atoms with Crippen molar-refractivity contribution < 1.29 is 13.5 Å². The van der Waals surface area contributed by atoms with Gasteiger partial charge in [0, 0.05) is 13.3 Å². The largest absolute Gasteiger partial charge is 0.374 e. The highest BCUT2D eigenvalue weighted by Gasteiger charge is 2.12. The van der Waals surface area contributed by atoms with E-state index >= 15 is 0 Å². The number of nitrogens with zero attached hydrogens (tertiary/aromatic N) is 2. The van der Waals surface area contributed by atoms with Gasteiger partial charge < -0.3 is 4.74 Å². The monoisotopic (exact) mass is 188 g/mol. The Morgan fingerprint density at radius 2 is 2.15 bits per heavy atom. The van der Waals surface area contributed by atoms with Gasteiger partial charge in [-0.1, -0.05) is 0 Å². The van der Waals surface area contributed by atoms with Gasteiger partial charge in [0.05, 0.1) is 0 Å². The first-order chi connectivity index (χ1) is 6.15. The summed E-state index contributed by atoms with van der Waals surface area (Å²) >= 11 is 0. The molecular weight excluding hydrogens is 178 g/mol. The Morgan fingerprint density at radius 3 is 2.69 bits per heavy atom. The zero-order valence-corrected chi connectivity index (χ0v) is 7.37. The minimum absolute atomic E-state index is 0.270. The fourth-order valence-electron chi connectivity index (χ4n) is 0.811. The fraction of sp³-hybridized carbons (Fsp3) is 0.500. The number of ether oxygens (including phenoxy) is 1. The highest BCUT2D eigenvalue weighted by atomic mass is 19.3. The van der Waals surface area contributed by atoms with Crippen molar-refractivity contribution in [1.29, 1.82) is 0 Å². The molecule has 0 N–H and O–H groups in total. The Hall–Kier alpha value is -1.10. The highest BCUT2D eigenvalue weighted by Crippen LogP contribution is 2.17. The van der Waals surface area contributed by atoms with Crippen molar-refractivity contribution in [3.8, 4) is 0 Å². The van der Waals surface area contributed by atoms with Crippen LogP contribution in [-0.4, -0.2) is 17.1 Å². The lowest BCUT2D eigenvalue weighted by molar-refractivity contribution is 0.108. The van der Waals surface area contributed by atoms with Crippen LogP contribution in [0.25, 0.3) is 0 Å². The average Bonchev–Trinajstić information content (AvgIpc) is 2.17. The van der Waals surface area contributed by atoms with Crippen LogP contribution in [0, 0.1) is 0 Å². The first-order valence-electron chi connectivity index (χ1n) is 3.79. The first kappa shape index (κ1) is 9.98. The van der Waals surface area contributed by atoms with E-state index in [1.54, 1.807) is 6.92 Å². The summed E-state index contributed by atoms with van der Waals surface area (Å²) in [5, 5.41) is 0. The van der Waals surface area contributed by atoms with Crippen LogP contribution < -0.4 is 0 Å². The summed E-state index contributed by atoms with van der Waals surface area (Å²) in [4.78, 5) is 7.48. The fourth-order valence-corrected chi connectivity index (χ4v) is 0.811. The van der Waals surface area contributed by atoms with E-state index in [-0.39, 0.29) is 17.6 Å². The molecule has 0 aliphatic heterocycles. The van der Waals surface area contributed by atoms with Crippen molar-refractivity contribution in [3.05, 3.63) is 23.8 Å². The summed E-state index contributed by atoms with van der Waals surface area (Å²) in [7, 11) is 1.48. The Balaban J connectivity index is 2.91. The molecule has 1 unspecified atom stereocenters. The van der Waals surface area contributed by atoms with Gasteiger partial charge in [0.25, 0.3) is 6.43 Å². The Labute approximate surface area is 74.8 Å². The molecule has 1 aromatic heterocycles. The van der Waals surface area contributed by atoms with Gasteiger partial charge in [-0.2, -0.15) is 0 Å². The molecule has 0 saturated heterocycles. The van der Waals surface area contributed by atoms with Gasteiger partial charge in [-0.15, -0.1) is 0 Å². The first-order valence-corrected chi connectivity index (χ1v) is 3.79. The van der Waals surface area contributed by atoms with Gasteiger partial charge in [0.2, 0.25) is 0 Å². The molecule has 1 rings (SSSR count). The molecular formula is C8H10F2N2O. The van der Waals surface area contributed by atoms with E-state index in [9.17, 15) is 8.78 Å². The number of aromatic nitrogens is 2. The van der Waals surface area contributed by atoms with Crippen molar-refractivity contribution >= 4 is 0 Å². The van der Waals surface area contributed by atoms with Crippen LogP contribution in [0.4, 0.5) is 8.78 Å². The number of hydrogen-bond donors (Lipinski definition) is 0. The van der Waals surface area contributed by atoms with E-state index < -0.39 is 6.43 Å². The number of alkyl halides is 2. The summed E-state index contributed by atoms with van der Waals surface area (Å²) in [5.74, 6) is 0.278. The molecule has 5 heteroatoms. The predicted octanol–water partition coefficient (Wildman–Crippen LogP) is 2.12. The van der Waals surface area contributed by atoms with Crippen LogP contribution in [0.2, 0.25) is 0 Å². The lowest BCUT2D eigenvalue weighted by Crippen LogP contribution is -2.04. The molecule has 0 bridgehead atoms. The second-order valence-corrected chi connectivity index (χ2v) is 2.52. The van der Waals surface area contributed by atoms with Crippen LogP contribution >= 0.6 is 0 Å². The topological polar surface area (TPSA) is 35.0 Å². The van der Waals surface area contributed by atoms with E-state index in [1.807, 2.05) is 0 Å². The van der Waals surface area contributed by atoms with Gasteiger partial charge in [0.15, 0.2) is 5.82 Å². The molecule has 0 amide bonds. The molecule has 0 aromatic carbocycles. The predicted molar refractivity (Wildman–Crippen MR) is 42.4 cm³/mol. The van der Waals surface area contributed by atoms with Gasteiger partial charge in [-0.3, -0.25) is 0 Å². The van der Waals surface area contributed by atoms with Gasteiger partial charge in [-0.25, -0.2) is 18.7 Å². The Kier molecular flexibility index (Phi) is 3.25. The van der Waals surface area contributed by atoms with Gasteiger partial charge in [-0.05, 0) is 13.0 Å². The van der Waals surface area contributed by atoms with Crippen molar-refractivity contribution in [2.24, 2.45) is 0 Å². The third kappa shape index (κ3) is 2.42. The van der Waals surface area contributed by atoms with Crippen molar-refractivity contribution in [2.75, 3.05) is 7.11 Å². The molecule has 1 atom stereocenters. The quantitative estimate of drug-likeness (QED) is 0.728. The summed E-state index contributed by atoms with van der Waals surface area (Å²) in [6, 6.07) is 1.19. The number of methoxy groups -OCH3 is 1. The molecule has 1 heterocycles. The van der Waals surface area contributed by atoms with Crippen LogP contribution in [0.5, 0.6) is 0 Å². The van der Waals surface area contributed by atoms with Crippen LogP contribution in [-0.2, 0) is 4.74 Å². The molecule has 1 aromatic rings. The minimum Gasteiger partial charge on any atom is -0.374 e. The number of halogens is 2. The zero-order chi connectivity index (χ0) is 9.84.